The summed E-state index contributed by atoms with van der Waals surface area (Å²) in [4.78, 5) is 0. The number of aryl methyl sites for hydroxylation is 1. The van der Waals surface area contributed by atoms with Crippen LogP contribution < -0.4 is 10.2 Å². The molecule has 1 aromatic rings. The first-order valence-electron chi connectivity index (χ1n) is 7.35. The second-order valence-corrected chi connectivity index (χ2v) is 6.45. The van der Waals surface area contributed by atoms with Gasteiger partial charge >= 0.3 is 7.12 Å². The lowest BCUT2D eigenvalue weighted by molar-refractivity contribution is 0.00578. The van der Waals surface area contributed by atoms with Gasteiger partial charge in [-0.05, 0) is 51.7 Å². The van der Waals surface area contributed by atoms with Crippen LogP contribution in [0.2, 0.25) is 0 Å². The van der Waals surface area contributed by atoms with Crippen LogP contribution in [0.25, 0.3) is 0 Å². The summed E-state index contributed by atoms with van der Waals surface area (Å²) in [5, 5.41) is 0. The molecule has 1 aromatic carbocycles. The molecule has 1 fully saturated rings. The Morgan fingerprint density at radius 1 is 1.05 bits per heavy atom. The average molecular weight is 292 g/mol. The second kappa shape index (κ2) is 5.99. The zero-order chi connectivity index (χ0) is 15.7. The smallest absolute Gasteiger partial charge is 0.491 e. The molecule has 0 amide bonds. The van der Waals surface area contributed by atoms with Gasteiger partial charge in [0.2, 0.25) is 0 Å². The summed E-state index contributed by atoms with van der Waals surface area (Å²) < 4.78 is 22.9. The van der Waals surface area contributed by atoms with E-state index in [0.29, 0.717) is 13.2 Å². The third-order valence-electron chi connectivity index (χ3n) is 4.28. The van der Waals surface area contributed by atoms with Crippen molar-refractivity contribution in [3.05, 3.63) is 23.8 Å². The lowest BCUT2D eigenvalue weighted by Crippen LogP contribution is -2.41. The maximum atomic E-state index is 6.07. The van der Waals surface area contributed by atoms with Gasteiger partial charge in [0.05, 0.1) is 17.8 Å². The average Bonchev–Trinajstić information content (AvgIpc) is 2.61. The standard InChI is InChI=1S/C16H25BO4/c1-12-7-8-13(11-14(12)19-10-9-18-6)17-20-15(2,3)16(4,5)21-17/h7-8,11H,9-10H2,1-6H3. The molecule has 4 nitrogen and oxygen atoms in total. The lowest BCUT2D eigenvalue weighted by Gasteiger charge is -2.32. The molecule has 0 saturated carbocycles. The van der Waals surface area contributed by atoms with Crippen molar-refractivity contribution in [3.8, 4) is 5.75 Å². The zero-order valence-corrected chi connectivity index (χ0v) is 13.9. The Bertz CT molecular complexity index is 483. The lowest BCUT2D eigenvalue weighted by atomic mass is 9.78. The van der Waals surface area contributed by atoms with E-state index in [4.69, 9.17) is 18.8 Å². The van der Waals surface area contributed by atoms with E-state index in [-0.39, 0.29) is 18.3 Å². The maximum absolute atomic E-state index is 6.07. The second-order valence-electron chi connectivity index (χ2n) is 6.45. The van der Waals surface area contributed by atoms with Crippen molar-refractivity contribution in [2.75, 3.05) is 20.3 Å². The third kappa shape index (κ3) is 3.42. The Balaban J connectivity index is 2.16. The molecule has 21 heavy (non-hydrogen) atoms. The van der Waals surface area contributed by atoms with Crippen molar-refractivity contribution >= 4 is 12.6 Å². The van der Waals surface area contributed by atoms with Gasteiger partial charge in [0.1, 0.15) is 12.4 Å². The topological polar surface area (TPSA) is 36.9 Å². The van der Waals surface area contributed by atoms with E-state index in [1.807, 2.05) is 25.1 Å². The highest BCUT2D eigenvalue weighted by Crippen LogP contribution is 2.36. The summed E-state index contributed by atoms with van der Waals surface area (Å²) in [5.41, 5.74) is 1.40. The van der Waals surface area contributed by atoms with Crippen LogP contribution in [0.5, 0.6) is 5.75 Å². The number of hydrogen-bond donors (Lipinski definition) is 0. The summed E-state index contributed by atoms with van der Waals surface area (Å²) in [5.74, 6) is 0.847. The molecule has 0 atom stereocenters. The number of methoxy groups -OCH3 is 1. The van der Waals surface area contributed by atoms with Crippen LogP contribution in [0.4, 0.5) is 0 Å². The molecule has 2 rings (SSSR count). The fraction of sp³-hybridized carbons (Fsp3) is 0.625. The van der Waals surface area contributed by atoms with E-state index < -0.39 is 0 Å². The molecule has 5 heteroatoms. The van der Waals surface area contributed by atoms with Gasteiger partial charge in [0.25, 0.3) is 0 Å². The molecule has 1 saturated heterocycles. The Hall–Kier alpha value is -1.04. The molecule has 1 heterocycles. The van der Waals surface area contributed by atoms with Crippen molar-refractivity contribution in [2.45, 2.75) is 45.8 Å². The normalized spacial score (nSPS) is 19.8. The minimum atomic E-state index is -0.361. The van der Waals surface area contributed by atoms with Gasteiger partial charge in [0, 0.05) is 7.11 Å². The van der Waals surface area contributed by atoms with Crippen molar-refractivity contribution in [1.82, 2.24) is 0 Å². The molecule has 116 valence electrons. The number of benzene rings is 1. The highest BCUT2D eigenvalue weighted by molar-refractivity contribution is 6.62. The summed E-state index contributed by atoms with van der Waals surface area (Å²) in [6.07, 6.45) is 0. The quantitative estimate of drug-likeness (QED) is 0.616. The minimum absolute atomic E-state index is 0.334. The largest absolute Gasteiger partial charge is 0.494 e. The van der Waals surface area contributed by atoms with Gasteiger partial charge < -0.3 is 18.8 Å². The van der Waals surface area contributed by atoms with E-state index in [2.05, 4.69) is 27.7 Å². The Labute approximate surface area is 127 Å². The number of hydrogen-bond acceptors (Lipinski definition) is 4. The van der Waals surface area contributed by atoms with Crippen LogP contribution in [0.1, 0.15) is 33.3 Å². The molecule has 1 aliphatic rings. The van der Waals surface area contributed by atoms with Crippen LogP contribution in [0, 0.1) is 6.92 Å². The van der Waals surface area contributed by atoms with Crippen LogP contribution in [-0.4, -0.2) is 38.6 Å². The molecular formula is C16H25BO4. The van der Waals surface area contributed by atoms with Gasteiger partial charge in [-0.3, -0.25) is 0 Å². The molecule has 0 aliphatic carbocycles. The first-order valence-corrected chi connectivity index (χ1v) is 7.35. The van der Waals surface area contributed by atoms with Crippen molar-refractivity contribution in [1.29, 1.82) is 0 Å². The molecule has 0 spiro atoms. The van der Waals surface area contributed by atoms with Gasteiger partial charge in [-0.1, -0.05) is 12.1 Å². The minimum Gasteiger partial charge on any atom is -0.491 e. The highest BCUT2D eigenvalue weighted by Gasteiger charge is 2.51. The maximum Gasteiger partial charge on any atom is 0.494 e. The Kier molecular flexibility index (Phi) is 4.66. The van der Waals surface area contributed by atoms with E-state index in [0.717, 1.165) is 16.8 Å². The first-order chi connectivity index (χ1) is 9.77. The summed E-state index contributed by atoms with van der Waals surface area (Å²) in [6.45, 7) is 11.3. The summed E-state index contributed by atoms with van der Waals surface area (Å²) >= 11 is 0. The molecule has 0 unspecified atom stereocenters. The molecule has 0 bridgehead atoms. The SMILES string of the molecule is COCCOc1cc(B2OC(C)(C)C(C)(C)O2)ccc1C. The van der Waals surface area contributed by atoms with Crippen LogP contribution in [-0.2, 0) is 14.0 Å². The van der Waals surface area contributed by atoms with Crippen LogP contribution in [0.3, 0.4) is 0 Å². The van der Waals surface area contributed by atoms with E-state index >= 15 is 0 Å². The number of rotatable bonds is 5. The van der Waals surface area contributed by atoms with Crippen molar-refractivity contribution in [2.24, 2.45) is 0 Å². The first kappa shape index (κ1) is 16.3. The van der Waals surface area contributed by atoms with Crippen LogP contribution in [0.15, 0.2) is 18.2 Å². The van der Waals surface area contributed by atoms with Crippen LogP contribution >= 0.6 is 0 Å². The number of ether oxygens (including phenoxy) is 2. The van der Waals surface area contributed by atoms with Gasteiger partial charge in [0.15, 0.2) is 0 Å². The van der Waals surface area contributed by atoms with Crippen molar-refractivity contribution < 1.29 is 18.8 Å². The molecule has 0 radical (unpaired) electrons. The predicted octanol–water partition coefficient (Wildman–Crippen LogP) is 2.32. The third-order valence-corrected chi connectivity index (χ3v) is 4.28. The molecule has 0 N–H and O–H groups in total. The monoisotopic (exact) mass is 292 g/mol. The van der Waals surface area contributed by atoms with E-state index in [1.54, 1.807) is 7.11 Å². The zero-order valence-electron chi connectivity index (χ0n) is 13.9. The predicted molar refractivity (Wildman–Crippen MR) is 84.3 cm³/mol. The van der Waals surface area contributed by atoms with Gasteiger partial charge in [-0.15, -0.1) is 0 Å². The molecule has 0 aromatic heterocycles. The van der Waals surface area contributed by atoms with E-state index in [9.17, 15) is 0 Å². The van der Waals surface area contributed by atoms with E-state index in [1.165, 1.54) is 0 Å². The Morgan fingerprint density at radius 2 is 1.67 bits per heavy atom. The Morgan fingerprint density at radius 3 is 2.24 bits per heavy atom. The fourth-order valence-electron chi connectivity index (χ4n) is 2.13. The fourth-order valence-corrected chi connectivity index (χ4v) is 2.13. The van der Waals surface area contributed by atoms with Crippen molar-refractivity contribution in [3.63, 3.8) is 0 Å². The molecular weight excluding hydrogens is 267 g/mol. The summed E-state index contributed by atoms with van der Waals surface area (Å²) in [7, 11) is 1.30. The highest BCUT2D eigenvalue weighted by atomic mass is 16.7. The van der Waals surface area contributed by atoms with Gasteiger partial charge in [-0.25, -0.2) is 0 Å². The summed E-state index contributed by atoms with van der Waals surface area (Å²) in [6, 6.07) is 6.05. The molecule has 1 aliphatic heterocycles. The van der Waals surface area contributed by atoms with Gasteiger partial charge in [-0.2, -0.15) is 0 Å².